The molecule has 2 N–H and O–H groups in total. The van der Waals surface area contributed by atoms with Crippen LogP contribution in [0.3, 0.4) is 0 Å². The molecule has 10 heteroatoms. The highest BCUT2D eigenvalue weighted by molar-refractivity contribution is 6.30. The molecular formula is C28H34ClN5O4. The predicted octanol–water partition coefficient (Wildman–Crippen LogP) is 3.89. The number of hydrogen-bond acceptors (Lipinski definition) is 6. The summed E-state index contributed by atoms with van der Waals surface area (Å²) < 4.78 is 13.0. The Balaban J connectivity index is 1.26. The van der Waals surface area contributed by atoms with E-state index in [-0.39, 0.29) is 24.9 Å². The van der Waals surface area contributed by atoms with Crippen molar-refractivity contribution in [3.8, 4) is 5.75 Å². The number of amides is 2. The number of hydrogen-bond donors (Lipinski definition) is 1. The van der Waals surface area contributed by atoms with Crippen LogP contribution in [-0.2, 0) is 16.1 Å². The number of carbonyl (C=O) groups is 2. The number of aromatic nitrogens is 2. The number of likely N-dealkylation sites (tertiary alicyclic amines) is 2. The standard InChI is InChI=1S/C28H34ClN5O4/c1-37-15-5-14-34-25-8-3-2-7-24(25)31-26(34)19-6-4-13-32(16-19)27(35)22-17-33(18-23(22)30)28(36)38-21-11-9-20(29)10-12-21/h2-3,7-12,19,22-23H,4-6,13-18,30H2,1H3/t19-,22?,23?/m1/s1. The first-order valence-corrected chi connectivity index (χ1v) is 13.5. The maximum atomic E-state index is 13.6. The Morgan fingerprint density at radius 3 is 2.66 bits per heavy atom. The van der Waals surface area contributed by atoms with Gasteiger partial charge in [-0.05, 0) is 55.7 Å². The monoisotopic (exact) mass is 539 g/mol. The highest BCUT2D eigenvalue weighted by Crippen LogP contribution is 2.31. The summed E-state index contributed by atoms with van der Waals surface area (Å²) in [7, 11) is 1.71. The van der Waals surface area contributed by atoms with Gasteiger partial charge in [-0.25, -0.2) is 9.78 Å². The van der Waals surface area contributed by atoms with Crippen LogP contribution in [0, 0.1) is 5.92 Å². The number of ether oxygens (including phenoxy) is 2. The molecule has 3 heterocycles. The second-order valence-electron chi connectivity index (χ2n) is 10.1. The van der Waals surface area contributed by atoms with E-state index in [1.54, 1.807) is 31.4 Å². The van der Waals surface area contributed by atoms with Gasteiger partial charge in [0.2, 0.25) is 5.91 Å². The smallest absolute Gasteiger partial charge is 0.410 e. The molecule has 1 aromatic heterocycles. The van der Waals surface area contributed by atoms with Crippen molar-refractivity contribution in [1.29, 1.82) is 0 Å². The third-order valence-corrected chi connectivity index (χ3v) is 7.72. The number of piperidine rings is 1. The summed E-state index contributed by atoms with van der Waals surface area (Å²) in [6, 6.07) is 14.3. The quantitative estimate of drug-likeness (QED) is 0.457. The van der Waals surface area contributed by atoms with Crippen molar-refractivity contribution in [1.82, 2.24) is 19.4 Å². The third-order valence-electron chi connectivity index (χ3n) is 7.47. The molecule has 3 atom stereocenters. The molecule has 2 saturated heterocycles. The summed E-state index contributed by atoms with van der Waals surface area (Å²) in [5, 5.41) is 0.559. The Kier molecular flexibility index (Phi) is 8.16. The minimum atomic E-state index is -0.514. The van der Waals surface area contributed by atoms with Crippen LogP contribution in [0.4, 0.5) is 4.79 Å². The van der Waals surface area contributed by atoms with Crippen LogP contribution in [0.15, 0.2) is 48.5 Å². The number of methoxy groups -OCH3 is 1. The molecule has 2 aliphatic heterocycles. The molecule has 9 nitrogen and oxygen atoms in total. The molecule has 2 aliphatic rings. The molecule has 2 fully saturated rings. The van der Waals surface area contributed by atoms with Gasteiger partial charge in [0, 0.05) is 63.4 Å². The van der Waals surface area contributed by atoms with E-state index in [0.29, 0.717) is 30.5 Å². The van der Waals surface area contributed by atoms with Crippen molar-refractivity contribution in [3.05, 3.63) is 59.4 Å². The Labute approximate surface area is 227 Å². The van der Waals surface area contributed by atoms with Gasteiger partial charge in [-0.2, -0.15) is 0 Å². The maximum Gasteiger partial charge on any atom is 0.415 e. The SMILES string of the molecule is COCCCn1c([C@@H]2CCCN(C(=O)C3CN(C(=O)Oc4ccc(Cl)cc4)CC3N)C2)nc2ccccc21. The van der Waals surface area contributed by atoms with Gasteiger partial charge in [-0.1, -0.05) is 23.7 Å². The number of nitrogens with two attached hydrogens (primary N) is 1. The maximum absolute atomic E-state index is 13.6. The molecule has 202 valence electrons. The van der Waals surface area contributed by atoms with E-state index in [1.165, 1.54) is 4.90 Å². The number of carbonyl (C=O) groups excluding carboxylic acids is 2. The van der Waals surface area contributed by atoms with Crippen LogP contribution >= 0.6 is 11.6 Å². The van der Waals surface area contributed by atoms with Gasteiger partial charge in [-0.15, -0.1) is 0 Å². The number of benzene rings is 2. The van der Waals surface area contributed by atoms with Crippen LogP contribution in [0.1, 0.15) is 31.0 Å². The molecule has 0 bridgehead atoms. The zero-order valence-electron chi connectivity index (χ0n) is 21.6. The topological polar surface area (TPSA) is 103 Å². The lowest BCUT2D eigenvalue weighted by Crippen LogP contribution is -2.47. The van der Waals surface area contributed by atoms with Crippen LogP contribution in [0.2, 0.25) is 5.02 Å². The molecule has 2 aromatic carbocycles. The van der Waals surface area contributed by atoms with Crippen molar-refractivity contribution in [2.75, 3.05) is 39.9 Å². The number of imidazole rings is 1. The lowest BCUT2D eigenvalue weighted by molar-refractivity contribution is -0.136. The molecular weight excluding hydrogens is 506 g/mol. The molecule has 0 aliphatic carbocycles. The van der Waals surface area contributed by atoms with E-state index in [1.807, 2.05) is 23.1 Å². The number of nitrogens with zero attached hydrogens (tertiary/aromatic N) is 4. The van der Waals surface area contributed by atoms with Crippen molar-refractivity contribution < 1.29 is 19.1 Å². The van der Waals surface area contributed by atoms with E-state index < -0.39 is 18.1 Å². The molecule has 38 heavy (non-hydrogen) atoms. The van der Waals surface area contributed by atoms with Crippen molar-refractivity contribution in [2.45, 2.75) is 37.8 Å². The summed E-state index contributed by atoms with van der Waals surface area (Å²) in [5.41, 5.74) is 8.45. The fraction of sp³-hybridized carbons (Fsp3) is 0.464. The lowest BCUT2D eigenvalue weighted by Gasteiger charge is -2.34. The molecule has 0 saturated carbocycles. The molecule has 2 amide bonds. The Morgan fingerprint density at radius 2 is 1.87 bits per heavy atom. The Morgan fingerprint density at radius 1 is 1.08 bits per heavy atom. The Bertz CT molecular complexity index is 1280. The van der Waals surface area contributed by atoms with Gasteiger partial charge in [0.05, 0.1) is 17.0 Å². The highest BCUT2D eigenvalue weighted by Gasteiger charge is 2.41. The van der Waals surface area contributed by atoms with Gasteiger partial charge in [0.25, 0.3) is 0 Å². The Hall–Kier alpha value is -3.14. The van der Waals surface area contributed by atoms with E-state index in [9.17, 15) is 9.59 Å². The number of fused-ring (bicyclic) bond motifs is 1. The zero-order valence-corrected chi connectivity index (χ0v) is 22.3. The number of aryl methyl sites for hydroxylation is 1. The fourth-order valence-corrected chi connectivity index (χ4v) is 5.66. The summed E-state index contributed by atoms with van der Waals surface area (Å²) in [5.74, 6) is 1.07. The third kappa shape index (κ3) is 5.65. The number of para-hydroxylation sites is 2. The van der Waals surface area contributed by atoms with Gasteiger partial charge >= 0.3 is 6.09 Å². The molecule has 2 unspecified atom stereocenters. The second-order valence-corrected chi connectivity index (χ2v) is 10.5. The highest BCUT2D eigenvalue weighted by atomic mass is 35.5. The van der Waals surface area contributed by atoms with Crippen molar-refractivity contribution >= 4 is 34.6 Å². The fourth-order valence-electron chi connectivity index (χ4n) is 5.54. The first-order chi connectivity index (χ1) is 18.4. The van der Waals surface area contributed by atoms with Crippen LogP contribution < -0.4 is 10.5 Å². The first-order valence-electron chi connectivity index (χ1n) is 13.2. The average Bonchev–Trinajstić information content (AvgIpc) is 3.50. The van der Waals surface area contributed by atoms with Crippen LogP contribution in [0.25, 0.3) is 11.0 Å². The van der Waals surface area contributed by atoms with Crippen molar-refractivity contribution in [3.63, 3.8) is 0 Å². The largest absolute Gasteiger partial charge is 0.415 e. The normalized spacial score (nSPS) is 21.7. The van der Waals surface area contributed by atoms with Gasteiger partial charge in [0.15, 0.2) is 0 Å². The number of rotatable bonds is 7. The first kappa shape index (κ1) is 26.5. The van der Waals surface area contributed by atoms with E-state index >= 15 is 0 Å². The lowest BCUT2D eigenvalue weighted by atomic mass is 9.94. The van der Waals surface area contributed by atoms with Crippen molar-refractivity contribution in [2.24, 2.45) is 11.7 Å². The molecule has 5 rings (SSSR count). The van der Waals surface area contributed by atoms with Gasteiger partial charge in [-0.3, -0.25) is 4.79 Å². The summed E-state index contributed by atoms with van der Waals surface area (Å²) in [6.07, 6.45) is 2.23. The molecule has 0 radical (unpaired) electrons. The average molecular weight is 540 g/mol. The number of halogens is 1. The predicted molar refractivity (Wildman–Crippen MR) is 145 cm³/mol. The zero-order chi connectivity index (χ0) is 26.6. The minimum absolute atomic E-state index is 0.00830. The summed E-state index contributed by atoms with van der Waals surface area (Å²) in [6.45, 7) is 3.27. The van der Waals surface area contributed by atoms with E-state index in [2.05, 4.69) is 10.6 Å². The van der Waals surface area contributed by atoms with Crippen LogP contribution in [-0.4, -0.2) is 77.3 Å². The minimum Gasteiger partial charge on any atom is -0.410 e. The van der Waals surface area contributed by atoms with Gasteiger partial charge in [0.1, 0.15) is 11.6 Å². The van der Waals surface area contributed by atoms with E-state index in [4.69, 9.17) is 31.8 Å². The second kappa shape index (κ2) is 11.7. The van der Waals surface area contributed by atoms with Crippen LogP contribution in [0.5, 0.6) is 5.75 Å². The summed E-state index contributed by atoms with van der Waals surface area (Å²) >= 11 is 5.91. The summed E-state index contributed by atoms with van der Waals surface area (Å²) in [4.78, 5) is 34.8. The molecule has 0 spiro atoms. The molecule has 3 aromatic rings. The van der Waals surface area contributed by atoms with E-state index in [0.717, 1.165) is 42.7 Å². The van der Waals surface area contributed by atoms with Gasteiger partial charge < -0.3 is 29.6 Å².